The highest BCUT2D eigenvalue weighted by Crippen LogP contribution is 2.41. The van der Waals surface area contributed by atoms with Crippen LogP contribution in [0.1, 0.15) is 43.7 Å². The second-order valence-corrected chi connectivity index (χ2v) is 4.82. The molecule has 0 bridgehead atoms. The van der Waals surface area contributed by atoms with Gasteiger partial charge in [-0.25, -0.2) is 0 Å². The van der Waals surface area contributed by atoms with E-state index in [2.05, 4.69) is 18.0 Å². The Kier molecular flexibility index (Phi) is 2.79. The van der Waals surface area contributed by atoms with E-state index in [0.29, 0.717) is 5.92 Å². The molecule has 2 heteroatoms. The van der Waals surface area contributed by atoms with Gasteiger partial charge in [-0.1, -0.05) is 25.8 Å². The lowest BCUT2D eigenvalue weighted by molar-refractivity contribution is -0.0472. The van der Waals surface area contributed by atoms with E-state index in [0.717, 1.165) is 30.4 Å². The Bertz CT molecular complexity index is 350. The van der Waals surface area contributed by atoms with Crippen LogP contribution < -0.4 is 0 Å². The van der Waals surface area contributed by atoms with Gasteiger partial charge in [-0.2, -0.15) is 0 Å². The summed E-state index contributed by atoms with van der Waals surface area (Å²) in [6.45, 7) is 4.16. The average Bonchev–Trinajstić information content (AvgIpc) is 2.23. The Morgan fingerprint density at radius 3 is 2.87 bits per heavy atom. The molecule has 1 N–H and O–H groups in total. The summed E-state index contributed by atoms with van der Waals surface area (Å²) in [5.74, 6) is 0.342. The largest absolute Gasteiger partial charge is 0.385 e. The summed E-state index contributed by atoms with van der Waals surface area (Å²) in [6, 6.07) is 2.06. The van der Waals surface area contributed by atoms with E-state index in [4.69, 9.17) is 0 Å². The summed E-state index contributed by atoms with van der Waals surface area (Å²) in [4.78, 5) is 4.18. The fourth-order valence-electron chi connectivity index (χ4n) is 2.55. The predicted molar refractivity (Wildman–Crippen MR) is 60.5 cm³/mol. The van der Waals surface area contributed by atoms with E-state index < -0.39 is 5.60 Å². The fraction of sp³-hybridized carbons (Fsp3) is 0.615. The molecule has 0 amide bonds. The number of rotatable bonds is 1. The Morgan fingerprint density at radius 2 is 2.20 bits per heavy atom. The Labute approximate surface area is 91.4 Å². The lowest BCUT2D eigenvalue weighted by atomic mass is 9.73. The number of aliphatic hydroxyl groups is 1. The zero-order valence-corrected chi connectivity index (χ0v) is 9.53. The highest BCUT2D eigenvalue weighted by molar-refractivity contribution is 5.24. The smallest absolute Gasteiger partial charge is 0.0936 e. The van der Waals surface area contributed by atoms with Crippen LogP contribution in [-0.4, -0.2) is 10.1 Å². The van der Waals surface area contributed by atoms with Crippen molar-refractivity contribution < 1.29 is 5.11 Å². The minimum absolute atomic E-state index is 0.342. The Balaban J connectivity index is 2.34. The van der Waals surface area contributed by atoms with Gasteiger partial charge in [0.05, 0.1) is 5.60 Å². The molecule has 82 valence electrons. The van der Waals surface area contributed by atoms with Crippen molar-refractivity contribution in [1.29, 1.82) is 0 Å². The first-order chi connectivity index (χ1) is 7.13. The van der Waals surface area contributed by atoms with Crippen LogP contribution in [0, 0.1) is 12.8 Å². The third-order valence-corrected chi connectivity index (χ3v) is 3.64. The van der Waals surface area contributed by atoms with Crippen LogP contribution in [0.4, 0.5) is 0 Å². The number of aromatic nitrogens is 1. The molecular weight excluding hydrogens is 186 g/mol. The van der Waals surface area contributed by atoms with Gasteiger partial charge < -0.3 is 5.11 Å². The summed E-state index contributed by atoms with van der Waals surface area (Å²) in [5, 5.41) is 10.7. The van der Waals surface area contributed by atoms with Crippen molar-refractivity contribution in [3.8, 4) is 0 Å². The topological polar surface area (TPSA) is 33.1 Å². The maximum absolute atomic E-state index is 10.7. The quantitative estimate of drug-likeness (QED) is 0.764. The average molecular weight is 205 g/mol. The van der Waals surface area contributed by atoms with Crippen LogP contribution in [0.5, 0.6) is 0 Å². The lowest BCUT2D eigenvalue weighted by Crippen LogP contribution is -2.36. The van der Waals surface area contributed by atoms with E-state index in [1.807, 2.05) is 19.3 Å². The van der Waals surface area contributed by atoms with Gasteiger partial charge in [-0.15, -0.1) is 0 Å². The van der Waals surface area contributed by atoms with E-state index in [1.54, 1.807) is 0 Å². The van der Waals surface area contributed by atoms with E-state index >= 15 is 0 Å². The van der Waals surface area contributed by atoms with Gasteiger partial charge in [0, 0.05) is 18.0 Å². The third-order valence-electron chi connectivity index (χ3n) is 3.64. The third kappa shape index (κ3) is 1.91. The van der Waals surface area contributed by atoms with Crippen molar-refractivity contribution in [3.05, 3.63) is 29.6 Å². The first-order valence-corrected chi connectivity index (χ1v) is 5.77. The van der Waals surface area contributed by atoms with Gasteiger partial charge in [-0.05, 0) is 31.2 Å². The molecule has 1 aliphatic carbocycles. The standard InChI is InChI=1S/C13H19NO/c1-10-7-12(9-14-8-10)13(15)6-4-3-5-11(13)2/h7-9,11,15H,3-6H2,1-2H3. The zero-order valence-electron chi connectivity index (χ0n) is 9.53. The van der Waals surface area contributed by atoms with Crippen LogP contribution in [0.2, 0.25) is 0 Å². The van der Waals surface area contributed by atoms with Crippen molar-refractivity contribution >= 4 is 0 Å². The lowest BCUT2D eigenvalue weighted by Gasteiger charge is -2.38. The van der Waals surface area contributed by atoms with Crippen molar-refractivity contribution in [2.75, 3.05) is 0 Å². The highest BCUT2D eigenvalue weighted by Gasteiger charge is 2.37. The summed E-state index contributed by atoms with van der Waals surface area (Å²) in [7, 11) is 0. The molecule has 15 heavy (non-hydrogen) atoms. The van der Waals surface area contributed by atoms with Gasteiger partial charge in [0.25, 0.3) is 0 Å². The second kappa shape index (κ2) is 3.93. The Hall–Kier alpha value is -0.890. The van der Waals surface area contributed by atoms with Gasteiger partial charge in [0.15, 0.2) is 0 Å². The van der Waals surface area contributed by atoms with Crippen LogP contribution >= 0.6 is 0 Å². The number of hydrogen-bond acceptors (Lipinski definition) is 2. The maximum Gasteiger partial charge on any atom is 0.0936 e. The summed E-state index contributed by atoms with van der Waals surface area (Å²) in [5.41, 5.74) is 1.48. The number of pyridine rings is 1. The van der Waals surface area contributed by atoms with Crippen molar-refractivity contribution in [1.82, 2.24) is 4.98 Å². The first kappa shape index (κ1) is 10.6. The monoisotopic (exact) mass is 205 g/mol. The number of nitrogens with zero attached hydrogens (tertiary/aromatic N) is 1. The van der Waals surface area contributed by atoms with Crippen LogP contribution in [0.15, 0.2) is 18.5 Å². The molecule has 2 unspecified atom stereocenters. The molecule has 1 fully saturated rings. The molecule has 1 heterocycles. The van der Waals surface area contributed by atoms with Crippen LogP contribution in [0.3, 0.4) is 0 Å². The van der Waals surface area contributed by atoms with Crippen molar-refractivity contribution in [2.24, 2.45) is 5.92 Å². The predicted octanol–water partition coefficient (Wildman–Crippen LogP) is 2.79. The van der Waals surface area contributed by atoms with Crippen molar-refractivity contribution in [2.45, 2.75) is 45.1 Å². The molecule has 0 aromatic carbocycles. The minimum atomic E-state index is -0.642. The SMILES string of the molecule is Cc1cncc(C2(O)CCCCC2C)c1. The first-order valence-electron chi connectivity index (χ1n) is 5.77. The molecule has 1 aliphatic rings. The fourth-order valence-corrected chi connectivity index (χ4v) is 2.55. The van der Waals surface area contributed by atoms with E-state index in [1.165, 1.54) is 6.42 Å². The van der Waals surface area contributed by atoms with Gasteiger partial charge >= 0.3 is 0 Å². The summed E-state index contributed by atoms with van der Waals surface area (Å²) < 4.78 is 0. The molecule has 1 aromatic rings. The minimum Gasteiger partial charge on any atom is -0.385 e. The normalized spacial score (nSPS) is 31.5. The molecule has 2 nitrogen and oxygen atoms in total. The molecular formula is C13H19NO. The summed E-state index contributed by atoms with van der Waals surface area (Å²) in [6.07, 6.45) is 8.00. The second-order valence-electron chi connectivity index (χ2n) is 4.82. The molecule has 0 saturated heterocycles. The molecule has 0 aliphatic heterocycles. The van der Waals surface area contributed by atoms with Crippen LogP contribution in [-0.2, 0) is 5.60 Å². The van der Waals surface area contributed by atoms with E-state index in [9.17, 15) is 5.11 Å². The maximum atomic E-state index is 10.7. The highest BCUT2D eigenvalue weighted by atomic mass is 16.3. The number of aryl methyl sites for hydroxylation is 1. The van der Waals surface area contributed by atoms with Gasteiger partial charge in [0.1, 0.15) is 0 Å². The molecule has 0 radical (unpaired) electrons. The molecule has 1 aromatic heterocycles. The van der Waals surface area contributed by atoms with Gasteiger partial charge in [-0.3, -0.25) is 4.98 Å². The van der Waals surface area contributed by atoms with E-state index in [-0.39, 0.29) is 0 Å². The van der Waals surface area contributed by atoms with Crippen LogP contribution in [0.25, 0.3) is 0 Å². The molecule has 0 spiro atoms. The van der Waals surface area contributed by atoms with Crippen molar-refractivity contribution in [3.63, 3.8) is 0 Å². The number of hydrogen-bond donors (Lipinski definition) is 1. The summed E-state index contributed by atoms with van der Waals surface area (Å²) >= 11 is 0. The Morgan fingerprint density at radius 1 is 1.40 bits per heavy atom. The molecule has 1 saturated carbocycles. The zero-order chi connectivity index (χ0) is 10.9. The molecule has 2 rings (SSSR count). The molecule has 2 atom stereocenters. The van der Waals surface area contributed by atoms with Gasteiger partial charge in [0.2, 0.25) is 0 Å².